The summed E-state index contributed by atoms with van der Waals surface area (Å²) in [6.07, 6.45) is -0.892. The lowest BCUT2D eigenvalue weighted by molar-refractivity contribution is 0.0534. The fraction of sp³-hybridized carbons (Fsp3) is 0.316. The van der Waals surface area contributed by atoms with Crippen molar-refractivity contribution in [3.63, 3.8) is 0 Å². The number of hydrogen-bond donors (Lipinski definition) is 0. The van der Waals surface area contributed by atoms with Gasteiger partial charge in [0.1, 0.15) is 12.4 Å². The van der Waals surface area contributed by atoms with Crippen LogP contribution in [0.2, 0.25) is 0 Å². The number of amides is 1. The molecule has 2 aromatic carbocycles. The van der Waals surface area contributed by atoms with Gasteiger partial charge in [-0.3, -0.25) is 4.79 Å². The van der Waals surface area contributed by atoms with E-state index in [9.17, 15) is 13.6 Å². The zero-order chi connectivity index (χ0) is 16.9. The van der Waals surface area contributed by atoms with Crippen LogP contribution in [0.5, 0.6) is 5.75 Å². The minimum absolute atomic E-state index is 0.0346. The second-order valence-corrected chi connectivity index (χ2v) is 5.88. The van der Waals surface area contributed by atoms with Gasteiger partial charge in [-0.05, 0) is 42.7 Å². The highest BCUT2D eigenvalue weighted by atomic mass is 19.3. The number of halogens is 2. The third kappa shape index (κ3) is 4.31. The van der Waals surface area contributed by atoms with Gasteiger partial charge in [-0.1, -0.05) is 30.3 Å². The average molecular weight is 331 g/mol. The fourth-order valence-electron chi connectivity index (χ4n) is 2.53. The molecule has 0 N–H and O–H groups in total. The summed E-state index contributed by atoms with van der Waals surface area (Å²) >= 11 is 0. The van der Waals surface area contributed by atoms with Gasteiger partial charge in [0, 0.05) is 11.6 Å². The zero-order valence-corrected chi connectivity index (χ0v) is 13.2. The summed E-state index contributed by atoms with van der Waals surface area (Å²) < 4.78 is 31.0. The molecule has 0 saturated heterocycles. The van der Waals surface area contributed by atoms with Gasteiger partial charge < -0.3 is 9.64 Å². The first-order valence-electron chi connectivity index (χ1n) is 7.99. The number of carbonyl (C=O) groups is 1. The van der Waals surface area contributed by atoms with Crippen molar-refractivity contribution in [3.05, 3.63) is 65.7 Å². The molecule has 1 aliphatic carbocycles. The zero-order valence-electron chi connectivity index (χ0n) is 13.2. The van der Waals surface area contributed by atoms with Crippen molar-refractivity contribution in [2.45, 2.75) is 31.9 Å². The highest BCUT2D eigenvalue weighted by Crippen LogP contribution is 2.29. The maximum atomic E-state index is 12.7. The molecule has 1 amide bonds. The minimum atomic E-state index is -2.51. The van der Waals surface area contributed by atoms with Crippen LogP contribution in [0.4, 0.5) is 8.78 Å². The van der Waals surface area contributed by atoms with Crippen molar-refractivity contribution in [2.24, 2.45) is 0 Å². The molecule has 3 rings (SSSR count). The normalized spacial score (nSPS) is 13.8. The molecule has 1 aliphatic rings. The maximum Gasteiger partial charge on any atom is 0.255 e. The van der Waals surface area contributed by atoms with Crippen molar-refractivity contribution >= 4 is 5.91 Å². The SMILES string of the molecule is O=C(c1ccc(COc2ccccc2)cc1)N(CC(F)F)C1CC1. The van der Waals surface area contributed by atoms with Crippen molar-refractivity contribution in [2.75, 3.05) is 6.54 Å². The molecule has 24 heavy (non-hydrogen) atoms. The average Bonchev–Trinajstić information content (AvgIpc) is 3.43. The van der Waals surface area contributed by atoms with Gasteiger partial charge in [0.2, 0.25) is 0 Å². The number of benzene rings is 2. The predicted octanol–water partition coefficient (Wildman–Crippen LogP) is 4.14. The Morgan fingerprint density at radius 2 is 1.75 bits per heavy atom. The Labute approximate surface area is 139 Å². The van der Waals surface area contributed by atoms with Crippen molar-refractivity contribution in [1.29, 1.82) is 0 Å². The molecule has 0 heterocycles. The lowest BCUT2D eigenvalue weighted by atomic mass is 10.1. The van der Waals surface area contributed by atoms with Crippen LogP contribution in [0.1, 0.15) is 28.8 Å². The molecule has 0 unspecified atom stereocenters. The summed E-state index contributed by atoms with van der Waals surface area (Å²) in [6.45, 7) is -0.107. The Balaban J connectivity index is 1.61. The summed E-state index contributed by atoms with van der Waals surface area (Å²) in [5.41, 5.74) is 1.35. The lowest BCUT2D eigenvalue weighted by Crippen LogP contribution is -2.36. The van der Waals surface area contributed by atoms with Gasteiger partial charge in [-0.2, -0.15) is 0 Å². The number of para-hydroxylation sites is 1. The van der Waals surface area contributed by atoms with E-state index < -0.39 is 13.0 Å². The Morgan fingerprint density at radius 1 is 1.08 bits per heavy atom. The van der Waals surface area contributed by atoms with E-state index in [0.717, 1.165) is 24.2 Å². The van der Waals surface area contributed by atoms with Gasteiger partial charge in [0.25, 0.3) is 12.3 Å². The van der Waals surface area contributed by atoms with Crippen LogP contribution in [0.15, 0.2) is 54.6 Å². The molecule has 2 aromatic rings. The van der Waals surface area contributed by atoms with Crippen molar-refractivity contribution in [3.8, 4) is 5.75 Å². The minimum Gasteiger partial charge on any atom is -0.489 e. The lowest BCUT2D eigenvalue weighted by Gasteiger charge is -2.22. The van der Waals surface area contributed by atoms with Crippen molar-refractivity contribution < 1.29 is 18.3 Å². The maximum absolute atomic E-state index is 12.7. The standard InChI is InChI=1S/C19H19F2NO2/c20-18(21)12-22(16-10-11-16)19(23)15-8-6-14(7-9-15)13-24-17-4-2-1-3-5-17/h1-9,16,18H,10-13H2. The van der Waals surface area contributed by atoms with Crippen LogP contribution in [0, 0.1) is 0 Å². The van der Waals surface area contributed by atoms with Gasteiger partial charge >= 0.3 is 0 Å². The molecule has 1 saturated carbocycles. The van der Waals surface area contributed by atoms with Crippen LogP contribution < -0.4 is 4.74 Å². The topological polar surface area (TPSA) is 29.5 Å². The smallest absolute Gasteiger partial charge is 0.255 e. The van der Waals surface area contributed by atoms with Crippen LogP contribution >= 0.6 is 0 Å². The first-order chi connectivity index (χ1) is 11.6. The van der Waals surface area contributed by atoms with E-state index in [4.69, 9.17) is 4.74 Å². The molecular weight excluding hydrogens is 312 g/mol. The summed E-state index contributed by atoms with van der Waals surface area (Å²) in [5, 5.41) is 0. The second kappa shape index (κ2) is 7.43. The molecule has 0 radical (unpaired) electrons. The molecule has 5 heteroatoms. The molecule has 126 valence electrons. The summed E-state index contributed by atoms with van der Waals surface area (Å²) in [6, 6.07) is 16.4. The summed E-state index contributed by atoms with van der Waals surface area (Å²) in [7, 11) is 0. The van der Waals surface area contributed by atoms with E-state index >= 15 is 0 Å². The van der Waals surface area contributed by atoms with E-state index in [-0.39, 0.29) is 11.9 Å². The van der Waals surface area contributed by atoms with E-state index in [1.54, 1.807) is 24.3 Å². The van der Waals surface area contributed by atoms with E-state index in [1.807, 2.05) is 30.3 Å². The van der Waals surface area contributed by atoms with Crippen LogP contribution in [-0.4, -0.2) is 29.8 Å². The molecule has 0 atom stereocenters. The predicted molar refractivity (Wildman–Crippen MR) is 87.3 cm³/mol. The molecule has 0 aliphatic heterocycles. The Hall–Kier alpha value is -2.43. The molecule has 0 bridgehead atoms. The van der Waals surface area contributed by atoms with E-state index in [2.05, 4.69) is 0 Å². The van der Waals surface area contributed by atoms with Gasteiger partial charge in [-0.25, -0.2) is 8.78 Å². The fourth-order valence-corrected chi connectivity index (χ4v) is 2.53. The number of ether oxygens (including phenoxy) is 1. The van der Waals surface area contributed by atoms with Crippen LogP contribution in [0.3, 0.4) is 0 Å². The Morgan fingerprint density at radius 3 is 2.33 bits per heavy atom. The second-order valence-electron chi connectivity index (χ2n) is 5.88. The first-order valence-corrected chi connectivity index (χ1v) is 7.99. The largest absolute Gasteiger partial charge is 0.489 e. The van der Waals surface area contributed by atoms with Crippen molar-refractivity contribution in [1.82, 2.24) is 4.90 Å². The monoisotopic (exact) mass is 331 g/mol. The molecule has 1 fully saturated rings. The first kappa shape index (κ1) is 16.4. The van der Waals surface area contributed by atoms with Gasteiger partial charge in [0.05, 0.1) is 6.54 Å². The van der Waals surface area contributed by atoms with E-state index in [0.29, 0.717) is 12.2 Å². The summed E-state index contributed by atoms with van der Waals surface area (Å²) in [4.78, 5) is 13.7. The number of rotatable bonds is 7. The van der Waals surface area contributed by atoms with E-state index in [1.165, 1.54) is 4.90 Å². The van der Waals surface area contributed by atoms with Gasteiger partial charge in [-0.15, -0.1) is 0 Å². The highest BCUT2D eigenvalue weighted by molar-refractivity contribution is 5.94. The third-order valence-electron chi connectivity index (χ3n) is 3.93. The number of nitrogens with zero attached hydrogens (tertiary/aromatic N) is 1. The molecule has 0 spiro atoms. The van der Waals surface area contributed by atoms with Crippen LogP contribution in [-0.2, 0) is 6.61 Å². The highest BCUT2D eigenvalue weighted by Gasteiger charge is 2.34. The van der Waals surface area contributed by atoms with Crippen LogP contribution in [0.25, 0.3) is 0 Å². The Kier molecular flexibility index (Phi) is 5.08. The summed E-state index contributed by atoms with van der Waals surface area (Å²) in [5.74, 6) is 0.447. The Bertz CT molecular complexity index is 670. The number of carbonyl (C=O) groups excluding carboxylic acids is 1. The molecular formula is C19H19F2NO2. The molecule has 3 nitrogen and oxygen atoms in total. The third-order valence-corrected chi connectivity index (χ3v) is 3.93. The number of hydrogen-bond acceptors (Lipinski definition) is 2. The number of alkyl halides is 2. The van der Waals surface area contributed by atoms with Gasteiger partial charge in [0.15, 0.2) is 0 Å². The quantitative estimate of drug-likeness (QED) is 0.763. The molecule has 0 aromatic heterocycles.